The van der Waals surface area contributed by atoms with Gasteiger partial charge < -0.3 is 24.4 Å². The van der Waals surface area contributed by atoms with E-state index in [1.54, 1.807) is 48.5 Å². The van der Waals surface area contributed by atoms with Gasteiger partial charge in [-0.2, -0.15) is 0 Å². The van der Waals surface area contributed by atoms with E-state index in [1.165, 1.54) is 0 Å². The summed E-state index contributed by atoms with van der Waals surface area (Å²) in [5.41, 5.74) is 2.39. The van der Waals surface area contributed by atoms with Crippen LogP contribution in [0.15, 0.2) is 84.9 Å². The minimum atomic E-state index is -1.40. The van der Waals surface area contributed by atoms with Gasteiger partial charge in [0, 0.05) is 37.0 Å². The highest BCUT2D eigenvalue weighted by atomic mass is 35.5. The molecule has 0 aliphatic carbocycles. The van der Waals surface area contributed by atoms with Crippen LogP contribution in [0, 0.1) is 5.92 Å². The fourth-order valence-electron chi connectivity index (χ4n) is 4.67. The average Bonchev–Trinajstić information content (AvgIpc) is 3.07. The lowest BCUT2D eigenvalue weighted by Crippen LogP contribution is -2.48. The molecule has 0 aromatic heterocycles. The van der Waals surface area contributed by atoms with Crippen LogP contribution < -0.4 is 15.0 Å². The SMILES string of the molecule is CCCC(NC(=O)CCC(=O)Oc1ccc(N(CCCl)CCCl)cc1)C(C(=O)OCc1ccccc1)C(=O)OCc1ccccc1. The van der Waals surface area contributed by atoms with Gasteiger partial charge in [-0.1, -0.05) is 74.0 Å². The molecule has 3 rings (SSSR count). The number of esters is 3. The van der Waals surface area contributed by atoms with Gasteiger partial charge >= 0.3 is 17.9 Å². The van der Waals surface area contributed by atoms with Gasteiger partial charge in [-0.15, -0.1) is 23.2 Å². The number of carbonyl (C=O) groups is 4. The lowest BCUT2D eigenvalue weighted by atomic mass is 9.95. The number of halogens is 2. The average molecular weight is 672 g/mol. The number of hydrogen-bond donors (Lipinski definition) is 1. The van der Waals surface area contributed by atoms with E-state index < -0.39 is 35.8 Å². The molecule has 0 bridgehead atoms. The van der Waals surface area contributed by atoms with E-state index in [1.807, 2.05) is 48.2 Å². The molecule has 1 amide bonds. The molecule has 1 N–H and O–H groups in total. The predicted molar refractivity (Wildman–Crippen MR) is 178 cm³/mol. The number of alkyl halides is 2. The number of nitrogens with one attached hydrogen (secondary N) is 1. The maximum Gasteiger partial charge on any atom is 0.322 e. The third-order valence-corrected chi connectivity index (χ3v) is 7.34. The first-order valence-electron chi connectivity index (χ1n) is 15.2. The molecule has 11 heteroatoms. The van der Waals surface area contributed by atoms with E-state index >= 15 is 0 Å². The van der Waals surface area contributed by atoms with Crippen LogP contribution in [0.4, 0.5) is 5.69 Å². The maximum atomic E-state index is 13.3. The summed E-state index contributed by atoms with van der Waals surface area (Å²) < 4.78 is 16.4. The van der Waals surface area contributed by atoms with Crippen molar-refractivity contribution >= 4 is 52.7 Å². The van der Waals surface area contributed by atoms with Gasteiger partial charge in [0.05, 0.1) is 12.5 Å². The molecule has 0 radical (unpaired) electrons. The Labute approximate surface area is 280 Å². The fourth-order valence-corrected chi connectivity index (χ4v) is 5.08. The molecule has 0 aliphatic heterocycles. The van der Waals surface area contributed by atoms with Crippen molar-refractivity contribution in [1.29, 1.82) is 0 Å². The van der Waals surface area contributed by atoms with Crippen molar-refractivity contribution in [2.24, 2.45) is 5.92 Å². The van der Waals surface area contributed by atoms with Gasteiger partial charge in [0.15, 0.2) is 5.92 Å². The number of nitrogens with zero attached hydrogens (tertiary/aromatic N) is 1. The topological polar surface area (TPSA) is 111 Å². The summed E-state index contributed by atoms with van der Waals surface area (Å²) in [5, 5.41) is 2.76. The van der Waals surface area contributed by atoms with E-state index in [9.17, 15) is 19.2 Å². The zero-order valence-corrected chi connectivity index (χ0v) is 27.4. The molecule has 1 atom stereocenters. The van der Waals surface area contributed by atoms with Crippen LogP contribution in [0.1, 0.15) is 43.7 Å². The molecule has 46 heavy (non-hydrogen) atoms. The van der Waals surface area contributed by atoms with Crippen molar-refractivity contribution in [3.8, 4) is 5.75 Å². The third-order valence-electron chi connectivity index (χ3n) is 7.00. The summed E-state index contributed by atoms with van der Waals surface area (Å²) in [6.45, 7) is 3.03. The van der Waals surface area contributed by atoms with Crippen LogP contribution in [-0.4, -0.2) is 54.7 Å². The summed E-state index contributed by atoms with van der Waals surface area (Å²) in [6, 6.07) is 24.2. The van der Waals surface area contributed by atoms with E-state index in [4.69, 9.17) is 37.4 Å². The number of anilines is 1. The highest BCUT2D eigenvalue weighted by Crippen LogP contribution is 2.21. The Hall–Kier alpha value is -4.08. The van der Waals surface area contributed by atoms with Crippen molar-refractivity contribution in [3.05, 3.63) is 96.1 Å². The third kappa shape index (κ3) is 12.4. The molecular formula is C35H40Cl2N2O7. The van der Waals surface area contributed by atoms with Gasteiger partial charge in [0.2, 0.25) is 5.91 Å². The van der Waals surface area contributed by atoms with Crippen LogP contribution in [0.2, 0.25) is 0 Å². The second kappa shape index (κ2) is 20.1. The standard InChI is InChI=1S/C35H40Cl2N2O7/c1-2-9-30(38-31(40)18-19-32(41)46-29-16-14-28(15-17-29)39(22-20-36)23-21-37)33(34(42)44-24-26-10-5-3-6-11-26)35(43)45-25-27-12-7-4-8-13-27/h3-8,10-17,30,33H,2,9,18-25H2,1H3,(H,38,40). The summed E-state index contributed by atoms with van der Waals surface area (Å²) in [7, 11) is 0. The Balaban J connectivity index is 1.62. The van der Waals surface area contributed by atoms with E-state index in [-0.39, 0.29) is 26.1 Å². The van der Waals surface area contributed by atoms with Crippen molar-refractivity contribution < 1.29 is 33.4 Å². The molecule has 0 heterocycles. The number of amides is 1. The fraction of sp³-hybridized carbons (Fsp3) is 0.371. The smallest absolute Gasteiger partial charge is 0.322 e. The number of benzene rings is 3. The molecule has 0 spiro atoms. The van der Waals surface area contributed by atoms with Gasteiger partial charge in [-0.05, 0) is 41.8 Å². The van der Waals surface area contributed by atoms with Gasteiger partial charge in [0.1, 0.15) is 19.0 Å². The Morgan fingerprint density at radius 2 is 1.26 bits per heavy atom. The molecule has 246 valence electrons. The van der Waals surface area contributed by atoms with E-state index in [0.717, 1.165) is 16.8 Å². The Kier molecular flexibility index (Phi) is 15.9. The van der Waals surface area contributed by atoms with Gasteiger partial charge in [-0.3, -0.25) is 19.2 Å². The van der Waals surface area contributed by atoms with Crippen molar-refractivity contribution in [2.75, 3.05) is 29.7 Å². The number of ether oxygens (including phenoxy) is 3. The molecule has 0 aliphatic rings. The van der Waals surface area contributed by atoms with Crippen molar-refractivity contribution in [3.63, 3.8) is 0 Å². The summed E-state index contributed by atoms with van der Waals surface area (Å²) >= 11 is 11.8. The van der Waals surface area contributed by atoms with Crippen molar-refractivity contribution in [1.82, 2.24) is 5.32 Å². The summed E-state index contributed by atoms with van der Waals surface area (Å²) in [4.78, 5) is 54.2. The van der Waals surface area contributed by atoms with Crippen LogP contribution >= 0.6 is 23.2 Å². The van der Waals surface area contributed by atoms with Crippen LogP contribution in [-0.2, 0) is 41.9 Å². The van der Waals surface area contributed by atoms with Crippen LogP contribution in [0.3, 0.4) is 0 Å². The Morgan fingerprint density at radius 3 is 1.74 bits per heavy atom. The highest BCUT2D eigenvalue weighted by molar-refractivity contribution is 6.18. The number of hydrogen-bond acceptors (Lipinski definition) is 8. The zero-order chi connectivity index (χ0) is 33.1. The maximum absolute atomic E-state index is 13.3. The molecular weight excluding hydrogens is 631 g/mol. The molecule has 9 nitrogen and oxygen atoms in total. The van der Waals surface area contributed by atoms with Gasteiger partial charge in [-0.25, -0.2) is 0 Å². The Morgan fingerprint density at radius 1 is 0.739 bits per heavy atom. The number of rotatable bonds is 19. The normalized spacial score (nSPS) is 11.4. The molecule has 1 unspecified atom stereocenters. The molecule has 3 aromatic rings. The van der Waals surface area contributed by atoms with Crippen molar-refractivity contribution in [2.45, 2.75) is 51.9 Å². The summed E-state index contributed by atoms with van der Waals surface area (Å²) in [5.74, 6) is -2.91. The minimum Gasteiger partial charge on any atom is -0.460 e. The molecule has 0 saturated carbocycles. The van der Waals surface area contributed by atoms with Gasteiger partial charge in [0.25, 0.3) is 0 Å². The van der Waals surface area contributed by atoms with E-state index in [2.05, 4.69) is 5.32 Å². The molecule has 0 fully saturated rings. The largest absolute Gasteiger partial charge is 0.460 e. The molecule has 3 aromatic carbocycles. The quantitative estimate of drug-likeness (QED) is 0.0711. The number of carbonyl (C=O) groups excluding carboxylic acids is 4. The first kappa shape index (κ1) is 36.4. The monoisotopic (exact) mass is 670 g/mol. The van der Waals surface area contributed by atoms with Crippen LogP contribution in [0.25, 0.3) is 0 Å². The second-order valence-electron chi connectivity index (χ2n) is 10.5. The summed E-state index contributed by atoms with van der Waals surface area (Å²) in [6.07, 6.45) is 0.447. The minimum absolute atomic E-state index is 0.0425. The predicted octanol–water partition coefficient (Wildman–Crippen LogP) is 6.04. The van der Waals surface area contributed by atoms with E-state index in [0.29, 0.717) is 43.4 Å². The lowest BCUT2D eigenvalue weighted by molar-refractivity contribution is -0.165. The lowest BCUT2D eigenvalue weighted by Gasteiger charge is -2.25. The Bertz CT molecular complexity index is 1310. The highest BCUT2D eigenvalue weighted by Gasteiger charge is 2.38. The first-order chi connectivity index (χ1) is 22.3. The second-order valence-corrected chi connectivity index (χ2v) is 11.2. The van der Waals surface area contributed by atoms with Crippen LogP contribution in [0.5, 0.6) is 5.75 Å². The first-order valence-corrected chi connectivity index (χ1v) is 16.3. The molecule has 0 saturated heterocycles. The zero-order valence-electron chi connectivity index (χ0n) is 25.9.